The summed E-state index contributed by atoms with van der Waals surface area (Å²) in [6.45, 7) is 1.92. The summed E-state index contributed by atoms with van der Waals surface area (Å²) in [5.74, 6) is 0.800. The first-order valence-corrected chi connectivity index (χ1v) is 8.31. The average molecular weight is 463 g/mol. The lowest BCUT2D eigenvalue weighted by molar-refractivity contribution is 0.877. The fraction of sp³-hybridized carbons (Fsp3) is 0.143. The summed E-state index contributed by atoms with van der Waals surface area (Å²) in [4.78, 5) is 9.08. The molecule has 0 aliphatic heterocycles. The number of benzene rings is 1. The first-order valence-electron chi connectivity index (χ1n) is 6.00. The van der Waals surface area contributed by atoms with Crippen LogP contribution in [-0.4, -0.2) is 14.5 Å². The van der Waals surface area contributed by atoms with Gasteiger partial charge in [0.15, 0.2) is 5.65 Å². The molecule has 0 N–H and O–H groups in total. The second-order valence-corrected chi connectivity index (χ2v) is 7.21. The maximum Gasteiger partial charge on any atom is 0.164 e. The Morgan fingerprint density at radius 1 is 1.30 bits per heavy atom. The first kappa shape index (κ1) is 14.3. The van der Waals surface area contributed by atoms with Crippen LogP contribution in [0.15, 0.2) is 41.0 Å². The molecule has 0 aliphatic carbocycles. The van der Waals surface area contributed by atoms with E-state index in [1.54, 1.807) is 6.20 Å². The normalized spacial score (nSPS) is 12.8. The van der Waals surface area contributed by atoms with Crippen molar-refractivity contribution in [2.75, 3.05) is 0 Å². The summed E-state index contributed by atoms with van der Waals surface area (Å²) in [5.41, 5.74) is 2.67. The van der Waals surface area contributed by atoms with Gasteiger partial charge in [-0.25, -0.2) is 9.97 Å². The average Bonchev–Trinajstić information content (AvgIpc) is 2.78. The summed E-state index contributed by atoms with van der Waals surface area (Å²) >= 11 is 12.0. The summed E-state index contributed by atoms with van der Waals surface area (Å²) in [7, 11) is 0. The van der Waals surface area contributed by atoms with E-state index in [-0.39, 0.29) is 5.38 Å². The molecule has 6 heteroatoms. The van der Waals surface area contributed by atoms with Crippen LogP contribution in [0.3, 0.4) is 0 Å². The van der Waals surface area contributed by atoms with E-state index in [1.807, 2.05) is 17.6 Å². The number of alkyl halides is 1. The van der Waals surface area contributed by atoms with Crippen molar-refractivity contribution in [2.24, 2.45) is 0 Å². The molecule has 3 rings (SSSR count). The van der Waals surface area contributed by atoms with Gasteiger partial charge >= 0.3 is 0 Å². The van der Waals surface area contributed by atoms with E-state index in [0.717, 1.165) is 27.1 Å². The SMILES string of the molecule is CC(Cl)c1nc2cc(Br)cnc2n1-c1ccc(I)cc1. The van der Waals surface area contributed by atoms with Crippen LogP contribution >= 0.6 is 50.1 Å². The lowest BCUT2D eigenvalue weighted by Gasteiger charge is -2.10. The van der Waals surface area contributed by atoms with E-state index in [1.165, 1.54) is 3.57 Å². The van der Waals surface area contributed by atoms with Crippen molar-refractivity contribution < 1.29 is 0 Å². The largest absolute Gasteiger partial charge is 0.279 e. The van der Waals surface area contributed by atoms with Crippen molar-refractivity contribution in [2.45, 2.75) is 12.3 Å². The van der Waals surface area contributed by atoms with Crippen molar-refractivity contribution in [3.8, 4) is 5.69 Å². The lowest BCUT2D eigenvalue weighted by atomic mass is 10.3. The van der Waals surface area contributed by atoms with Crippen molar-refractivity contribution in [3.05, 3.63) is 50.4 Å². The molecule has 1 unspecified atom stereocenters. The Morgan fingerprint density at radius 3 is 2.65 bits per heavy atom. The van der Waals surface area contributed by atoms with E-state index in [4.69, 9.17) is 11.6 Å². The number of halogens is 3. The van der Waals surface area contributed by atoms with Gasteiger partial charge in [0, 0.05) is 19.9 Å². The zero-order valence-electron chi connectivity index (χ0n) is 10.5. The molecule has 102 valence electrons. The molecule has 20 heavy (non-hydrogen) atoms. The Hall–Kier alpha value is -0.660. The summed E-state index contributed by atoms with van der Waals surface area (Å²) < 4.78 is 4.10. The minimum atomic E-state index is -0.192. The van der Waals surface area contributed by atoms with Gasteiger partial charge in [-0.3, -0.25) is 4.57 Å². The summed E-state index contributed by atoms with van der Waals surface area (Å²) in [5, 5.41) is -0.192. The highest BCUT2D eigenvalue weighted by Crippen LogP contribution is 2.28. The number of hydrogen-bond donors (Lipinski definition) is 0. The Balaban J connectivity index is 2.31. The van der Waals surface area contributed by atoms with E-state index in [2.05, 4.69) is 72.8 Å². The van der Waals surface area contributed by atoms with Gasteiger partial charge in [-0.2, -0.15) is 0 Å². The third-order valence-electron chi connectivity index (χ3n) is 2.93. The third-order valence-corrected chi connectivity index (χ3v) is 4.28. The molecular weight excluding hydrogens is 452 g/mol. The maximum atomic E-state index is 6.28. The standard InChI is InChI=1S/C14H10BrClIN3/c1-8(16)13-19-12-6-9(15)7-18-14(12)20(13)11-4-2-10(17)3-5-11/h2-8H,1H3. The topological polar surface area (TPSA) is 30.7 Å². The Morgan fingerprint density at radius 2 is 2.00 bits per heavy atom. The monoisotopic (exact) mass is 461 g/mol. The van der Waals surface area contributed by atoms with Crippen molar-refractivity contribution in [3.63, 3.8) is 0 Å². The lowest BCUT2D eigenvalue weighted by Crippen LogP contribution is -2.02. The molecule has 0 aliphatic rings. The van der Waals surface area contributed by atoms with Crippen LogP contribution in [0, 0.1) is 3.57 Å². The van der Waals surface area contributed by atoms with Gasteiger partial charge in [-0.05, 0) is 75.8 Å². The van der Waals surface area contributed by atoms with Gasteiger partial charge in [-0.15, -0.1) is 11.6 Å². The second kappa shape index (κ2) is 5.61. The molecule has 0 amide bonds. The third kappa shape index (κ3) is 2.58. The number of hydrogen-bond acceptors (Lipinski definition) is 2. The van der Waals surface area contributed by atoms with Crippen molar-refractivity contribution in [1.29, 1.82) is 0 Å². The number of aromatic nitrogens is 3. The fourth-order valence-corrected chi connectivity index (χ4v) is 2.89. The van der Waals surface area contributed by atoms with Crippen LogP contribution in [0.4, 0.5) is 0 Å². The van der Waals surface area contributed by atoms with Gasteiger partial charge in [0.05, 0.1) is 5.38 Å². The number of fused-ring (bicyclic) bond motifs is 1. The van der Waals surface area contributed by atoms with Crippen LogP contribution in [0.1, 0.15) is 18.1 Å². The van der Waals surface area contributed by atoms with Gasteiger partial charge in [-0.1, -0.05) is 0 Å². The zero-order chi connectivity index (χ0) is 14.3. The molecule has 0 radical (unpaired) electrons. The van der Waals surface area contributed by atoms with E-state index >= 15 is 0 Å². The fourth-order valence-electron chi connectivity index (χ4n) is 2.07. The van der Waals surface area contributed by atoms with E-state index < -0.39 is 0 Å². The predicted octanol–water partition coefficient (Wildman–Crippen LogP) is 5.09. The molecule has 1 aromatic carbocycles. The molecule has 0 saturated carbocycles. The second-order valence-electron chi connectivity index (χ2n) is 4.39. The predicted molar refractivity (Wildman–Crippen MR) is 93.5 cm³/mol. The maximum absolute atomic E-state index is 6.28. The van der Waals surface area contributed by atoms with Crippen LogP contribution in [0.2, 0.25) is 0 Å². The van der Waals surface area contributed by atoms with E-state index in [9.17, 15) is 0 Å². The first-order chi connectivity index (χ1) is 9.56. The highest BCUT2D eigenvalue weighted by Gasteiger charge is 2.17. The molecule has 0 bridgehead atoms. The number of rotatable bonds is 2. The van der Waals surface area contributed by atoms with Gasteiger partial charge in [0.2, 0.25) is 0 Å². The Bertz CT molecular complexity index is 768. The Labute approximate surface area is 143 Å². The van der Waals surface area contributed by atoms with Gasteiger partial charge in [0.25, 0.3) is 0 Å². The van der Waals surface area contributed by atoms with Crippen molar-refractivity contribution in [1.82, 2.24) is 14.5 Å². The molecule has 0 saturated heterocycles. The zero-order valence-corrected chi connectivity index (χ0v) is 15.0. The van der Waals surface area contributed by atoms with Crippen LogP contribution in [0.25, 0.3) is 16.9 Å². The smallest absolute Gasteiger partial charge is 0.164 e. The molecule has 3 aromatic rings. The minimum absolute atomic E-state index is 0.192. The van der Waals surface area contributed by atoms with Crippen molar-refractivity contribution >= 4 is 61.3 Å². The Kier molecular flexibility index (Phi) is 4.01. The van der Waals surface area contributed by atoms with Gasteiger partial charge in [0.1, 0.15) is 11.3 Å². The van der Waals surface area contributed by atoms with Crippen LogP contribution < -0.4 is 0 Å². The van der Waals surface area contributed by atoms with E-state index in [0.29, 0.717) is 0 Å². The van der Waals surface area contributed by atoms with Gasteiger partial charge < -0.3 is 0 Å². The molecule has 0 spiro atoms. The summed E-state index contributed by atoms with van der Waals surface area (Å²) in [6, 6.07) is 10.2. The highest BCUT2D eigenvalue weighted by molar-refractivity contribution is 14.1. The number of pyridine rings is 1. The highest BCUT2D eigenvalue weighted by atomic mass is 127. The van der Waals surface area contributed by atoms with Crippen LogP contribution in [0.5, 0.6) is 0 Å². The molecule has 2 heterocycles. The number of nitrogens with zero attached hydrogens (tertiary/aromatic N) is 3. The minimum Gasteiger partial charge on any atom is -0.279 e. The molecule has 1 atom stereocenters. The number of imidazole rings is 1. The quantitative estimate of drug-likeness (QED) is 0.393. The molecule has 3 nitrogen and oxygen atoms in total. The molecule has 0 fully saturated rings. The van der Waals surface area contributed by atoms with Crippen LogP contribution in [-0.2, 0) is 0 Å². The molecule has 2 aromatic heterocycles. The molecular formula is C14H10BrClIN3. The summed E-state index contributed by atoms with van der Waals surface area (Å²) in [6.07, 6.45) is 1.77.